The summed E-state index contributed by atoms with van der Waals surface area (Å²) in [6, 6.07) is 16.8. The third-order valence-electron chi connectivity index (χ3n) is 5.96. The van der Waals surface area contributed by atoms with Crippen LogP contribution in [0.2, 0.25) is 5.02 Å². The van der Waals surface area contributed by atoms with Crippen LogP contribution in [0.1, 0.15) is 51.8 Å². The molecule has 0 aliphatic heterocycles. The highest BCUT2D eigenvalue weighted by molar-refractivity contribution is 6.31. The molecule has 0 spiro atoms. The van der Waals surface area contributed by atoms with E-state index in [0.717, 1.165) is 11.1 Å². The van der Waals surface area contributed by atoms with Gasteiger partial charge < -0.3 is 14.6 Å². The van der Waals surface area contributed by atoms with Crippen LogP contribution < -0.4 is 15.6 Å². The number of rotatable bonds is 7. The Morgan fingerprint density at radius 3 is 2.53 bits per heavy atom. The van der Waals surface area contributed by atoms with Crippen molar-refractivity contribution < 1.29 is 14.1 Å². The van der Waals surface area contributed by atoms with Crippen molar-refractivity contribution in [2.75, 3.05) is 12.4 Å². The Labute approximate surface area is 211 Å². The maximum atomic E-state index is 13.2. The van der Waals surface area contributed by atoms with E-state index in [1.165, 1.54) is 24.1 Å². The number of carbonyl (C=O) groups is 1. The number of aromatic nitrogens is 3. The van der Waals surface area contributed by atoms with Gasteiger partial charge >= 0.3 is 0 Å². The number of hydrogen-bond acceptors (Lipinski definition) is 7. The Balaban J connectivity index is 1.91. The Hall–Kier alpha value is -4.42. The molecule has 9 nitrogen and oxygen atoms in total. The average Bonchev–Trinajstić information content (AvgIpc) is 3.40. The minimum Gasteiger partial charge on any atom is -0.489 e. The molecule has 4 rings (SSSR count). The number of nitrogens with one attached hydrogen (secondary N) is 1. The van der Waals surface area contributed by atoms with Crippen LogP contribution in [0.4, 0.5) is 5.69 Å². The molecule has 2 atom stereocenters. The third kappa shape index (κ3) is 4.59. The number of nitriles is 1. The van der Waals surface area contributed by atoms with Crippen LogP contribution in [0.3, 0.4) is 0 Å². The molecule has 2 aromatic heterocycles. The molecule has 182 valence electrons. The predicted octanol–water partition coefficient (Wildman–Crippen LogP) is 4.49. The number of nitrogens with zero attached hydrogens (tertiary/aromatic N) is 4. The molecular weight excluding hydrogens is 482 g/mol. The number of methoxy groups -OCH3 is 1. The van der Waals surface area contributed by atoms with Crippen molar-refractivity contribution in [1.82, 2.24) is 14.7 Å². The molecule has 4 aromatic rings. The van der Waals surface area contributed by atoms with Crippen molar-refractivity contribution >= 4 is 23.2 Å². The monoisotopic (exact) mass is 503 g/mol. The molecule has 2 heterocycles. The van der Waals surface area contributed by atoms with Gasteiger partial charge in [0.2, 0.25) is 5.75 Å². The molecule has 36 heavy (non-hydrogen) atoms. The predicted molar refractivity (Wildman–Crippen MR) is 133 cm³/mol. The second kappa shape index (κ2) is 10.5. The highest BCUT2D eigenvalue weighted by Gasteiger charge is 2.32. The molecule has 0 aliphatic rings. The normalized spacial score (nSPS) is 12.4. The number of halogens is 1. The van der Waals surface area contributed by atoms with Crippen molar-refractivity contribution in [2.45, 2.75) is 18.8 Å². The van der Waals surface area contributed by atoms with Crippen molar-refractivity contribution in [3.63, 3.8) is 0 Å². The Kier molecular flexibility index (Phi) is 7.17. The van der Waals surface area contributed by atoms with Crippen LogP contribution in [0, 0.1) is 11.3 Å². The zero-order valence-corrected chi connectivity index (χ0v) is 20.5. The van der Waals surface area contributed by atoms with Crippen molar-refractivity contribution in [1.29, 1.82) is 5.26 Å². The van der Waals surface area contributed by atoms with E-state index in [-0.39, 0.29) is 11.4 Å². The van der Waals surface area contributed by atoms with E-state index in [1.54, 1.807) is 25.2 Å². The molecule has 0 saturated heterocycles. The summed E-state index contributed by atoms with van der Waals surface area (Å²) in [5, 5.41) is 16.5. The van der Waals surface area contributed by atoms with E-state index in [1.807, 2.05) is 37.3 Å². The fraction of sp³-hybridized carbons (Fsp3) is 0.192. The highest BCUT2D eigenvalue weighted by atomic mass is 35.5. The summed E-state index contributed by atoms with van der Waals surface area (Å²) in [5.41, 5.74) is 1.54. The van der Waals surface area contributed by atoms with Gasteiger partial charge in [-0.2, -0.15) is 5.26 Å². The summed E-state index contributed by atoms with van der Waals surface area (Å²) in [5.74, 6) is -1.48. The topological polar surface area (TPSA) is 123 Å². The first-order chi connectivity index (χ1) is 17.4. The Morgan fingerprint density at radius 2 is 1.89 bits per heavy atom. The molecule has 1 N–H and O–H groups in total. The molecule has 1 amide bonds. The van der Waals surface area contributed by atoms with Crippen molar-refractivity contribution in [2.24, 2.45) is 7.05 Å². The van der Waals surface area contributed by atoms with E-state index in [9.17, 15) is 14.9 Å². The minimum absolute atomic E-state index is 0.185. The smallest absolute Gasteiger partial charge is 0.296 e. The number of carbonyl (C=O) groups excluding carboxylic acids is 1. The van der Waals surface area contributed by atoms with E-state index in [2.05, 4.69) is 21.5 Å². The maximum Gasteiger partial charge on any atom is 0.296 e. The van der Waals surface area contributed by atoms with Gasteiger partial charge in [-0.15, -0.1) is 0 Å². The van der Waals surface area contributed by atoms with Gasteiger partial charge in [-0.25, -0.2) is 4.98 Å². The minimum atomic E-state index is -0.659. The van der Waals surface area contributed by atoms with Gasteiger partial charge in [0.1, 0.15) is 17.8 Å². The van der Waals surface area contributed by atoms with Crippen LogP contribution in [-0.4, -0.2) is 27.7 Å². The number of hydrogen-bond donors (Lipinski definition) is 1. The first kappa shape index (κ1) is 24.7. The summed E-state index contributed by atoms with van der Waals surface area (Å²) in [6.07, 6.45) is 2.57. The highest BCUT2D eigenvalue weighted by Crippen LogP contribution is 2.41. The van der Waals surface area contributed by atoms with Gasteiger partial charge in [0.15, 0.2) is 5.69 Å². The number of ether oxygens (including phenoxy) is 1. The van der Waals surface area contributed by atoms with Crippen LogP contribution >= 0.6 is 11.6 Å². The van der Waals surface area contributed by atoms with Gasteiger partial charge in [0.25, 0.3) is 11.5 Å². The van der Waals surface area contributed by atoms with Crippen LogP contribution in [-0.2, 0) is 7.05 Å². The lowest BCUT2D eigenvalue weighted by Crippen LogP contribution is -2.31. The standard InChI is InChI=1S/C26H22ClN5O4/c1-15(21(19-10-6-7-11-20(19)27)18-9-5-4-8-16(18)12-28)24-31-22(23(35-3)26(34)32(24)2)25(33)30-17-13-29-36-14-17/h4-11,13-15,21H,1-3H3,(H,30,33). The van der Waals surface area contributed by atoms with Gasteiger partial charge in [-0.3, -0.25) is 14.2 Å². The van der Waals surface area contributed by atoms with E-state index < -0.39 is 23.3 Å². The van der Waals surface area contributed by atoms with E-state index in [4.69, 9.17) is 20.9 Å². The molecule has 0 radical (unpaired) electrons. The SMILES string of the molecule is COc1c(C(=O)Nc2cnoc2)nc(C(C)C(c2ccccc2Cl)c2ccccc2C#N)n(C)c1=O. The number of benzene rings is 2. The van der Waals surface area contributed by atoms with Gasteiger partial charge in [-0.05, 0) is 23.3 Å². The maximum absolute atomic E-state index is 13.2. The summed E-state index contributed by atoms with van der Waals surface area (Å²) in [6.45, 7) is 1.87. The third-order valence-corrected chi connectivity index (χ3v) is 6.30. The largest absolute Gasteiger partial charge is 0.489 e. The molecule has 0 bridgehead atoms. The van der Waals surface area contributed by atoms with E-state index in [0.29, 0.717) is 22.1 Å². The second-order valence-electron chi connectivity index (χ2n) is 8.07. The second-order valence-corrected chi connectivity index (χ2v) is 8.48. The number of anilines is 1. The number of amides is 1. The van der Waals surface area contributed by atoms with Gasteiger partial charge in [0, 0.05) is 23.9 Å². The Morgan fingerprint density at radius 1 is 1.19 bits per heavy atom. The van der Waals surface area contributed by atoms with Gasteiger partial charge in [-0.1, -0.05) is 60.1 Å². The average molecular weight is 504 g/mol. The molecule has 2 unspecified atom stereocenters. The summed E-state index contributed by atoms with van der Waals surface area (Å²) >= 11 is 6.61. The molecule has 2 aromatic carbocycles. The molecule has 0 saturated carbocycles. The lowest BCUT2D eigenvalue weighted by atomic mass is 9.79. The molecular formula is C26H22ClN5O4. The zero-order valence-electron chi connectivity index (χ0n) is 19.7. The first-order valence-electron chi connectivity index (χ1n) is 11.0. The van der Waals surface area contributed by atoms with Crippen molar-refractivity contribution in [3.05, 3.63) is 105 Å². The first-order valence-corrected chi connectivity index (χ1v) is 11.3. The van der Waals surface area contributed by atoms with Crippen LogP contribution in [0.15, 0.2) is 70.3 Å². The Bertz CT molecular complexity index is 1510. The fourth-order valence-corrected chi connectivity index (χ4v) is 4.51. The molecule has 0 fully saturated rings. The van der Waals surface area contributed by atoms with Crippen LogP contribution in [0.25, 0.3) is 0 Å². The van der Waals surface area contributed by atoms with E-state index >= 15 is 0 Å². The molecule has 0 aliphatic carbocycles. The summed E-state index contributed by atoms with van der Waals surface area (Å²) in [4.78, 5) is 30.9. The fourth-order valence-electron chi connectivity index (χ4n) is 4.25. The molecule has 10 heteroatoms. The zero-order chi connectivity index (χ0) is 25.8. The van der Waals surface area contributed by atoms with Crippen molar-refractivity contribution in [3.8, 4) is 11.8 Å². The summed E-state index contributed by atoms with van der Waals surface area (Å²) in [7, 11) is 2.86. The lowest BCUT2D eigenvalue weighted by Gasteiger charge is -2.28. The van der Waals surface area contributed by atoms with Gasteiger partial charge in [0.05, 0.1) is 24.9 Å². The summed E-state index contributed by atoms with van der Waals surface area (Å²) < 4.78 is 11.4. The lowest BCUT2D eigenvalue weighted by molar-refractivity contribution is 0.101. The van der Waals surface area contributed by atoms with Crippen LogP contribution in [0.5, 0.6) is 5.75 Å². The quantitative estimate of drug-likeness (QED) is 0.394.